The van der Waals surface area contributed by atoms with Gasteiger partial charge in [0, 0.05) is 16.5 Å². The van der Waals surface area contributed by atoms with Crippen molar-refractivity contribution in [2.45, 2.75) is 0 Å². The fourth-order valence-corrected chi connectivity index (χ4v) is 0. The molecule has 0 aliphatic carbocycles. The van der Waals surface area contributed by atoms with Crippen LogP contribution < -0.4 is 0 Å². The van der Waals surface area contributed by atoms with E-state index in [9.17, 15) is 0 Å². The Labute approximate surface area is 65.2 Å². The number of rotatable bonds is 0. The summed E-state index contributed by atoms with van der Waals surface area (Å²) in [5, 5.41) is 13.6. The van der Waals surface area contributed by atoms with Gasteiger partial charge in [0.1, 0.15) is 0 Å². The van der Waals surface area contributed by atoms with Crippen LogP contribution in [-0.4, -0.2) is 37.7 Å². The predicted octanol–water partition coefficient (Wildman–Crippen LogP) is -4.47. The molecule has 11 N–H and O–H groups in total. The summed E-state index contributed by atoms with van der Waals surface area (Å²) in [7, 11) is 0. The number of nitrogens with zero attached hydrogens (tertiary/aromatic N) is 1. The van der Waals surface area contributed by atoms with E-state index in [1.54, 1.807) is 0 Å². The zero-order valence-electron chi connectivity index (χ0n) is 4.53. The molecule has 0 unspecified atom stereocenters. The molecule has 0 atom stereocenters. The van der Waals surface area contributed by atoms with Crippen molar-refractivity contribution in [3.63, 3.8) is 0 Å². The third-order valence-corrected chi connectivity index (χ3v) is 0. The van der Waals surface area contributed by atoms with Crippen molar-refractivity contribution in [1.82, 2.24) is 0 Å². The fraction of sp³-hybridized carbons (Fsp3) is 0. The first kappa shape index (κ1) is 110. The Balaban J connectivity index is -0.00000000300. The van der Waals surface area contributed by atoms with Crippen molar-refractivity contribution < 1.29 is 54.2 Å². The molecular formula is H11NNiO8. The van der Waals surface area contributed by atoms with Gasteiger partial charge in [0.15, 0.2) is 0 Å². The van der Waals surface area contributed by atoms with Crippen LogP contribution in [-0.2, 0) is 16.5 Å². The molecule has 0 aliphatic rings. The molecule has 0 amide bonds. The van der Waals surface area contributed by atoms with Gasteiger partial charge in [-0.05, 0) is 0 Å². The molecule has 0 saturated carbocycles. The standard InChI is InChI=1S/HNO3.Ni.5H2O/c2-1(3)4;;;;;;/h(H,2,3,4);;5*1H2. The fourth-order valence-electron chi connectivity index (χ4n) is 0. The van der Waals surface area contributed by atoms with Crippen molar-refractivity contribution in [1.29, 1.82) is 0 Å². The predicted molar refractivity (Wildman–Crippen MR) is 26.8 cm³/mol. The molecular weight excluding hydrogens is 201 g/mol. The summed E-state index contributed by atoms with van der Waals surface area (Å²) >= 11 is 0. The van der Waals surface area contributed by atoms with Crippen LogP contribution in [0.5, 0.6) is 0 Å². The number of hydrogen-bond acceptors (Lipinski definition) is 2. The molecule has 9 nitrogen and oxygen atoms in total. The van der Waals surface area contributed by atoms with Crippen LogP contribution in [0.2, 0.25) is 0 Å². The maximum Gasteiger partial charge on any atom is 0.291 e. The molecule has 0 rings (SSSR count). The second-order valence-corrected chi connectivity index (χ2v) is 0.238. The largest absolute Gasteiger partial charge is 0.412 e. The van der Waals surface area contributed by atoms with Crippen molar-refractivity contribution in [2.75, 3.05) is 0 Å². The monoisotopic (exact) mass is 211 g/mol. The molecule has 0 aromatic carbocycles. The first-order chi connectivity index (χ1) is 1.73. The molecule has 0 aromatic heterocycles. The van der Waals surface area contributed by atoms with Gasteiger partial charge < -0.3 is 32.6 Å². The van der Waals surface area contributed by atoms with E-state index in [4.69, 9.17) is 15.3 Å². The van der Waals surface area contributed by atoms with E-state index in [2.05, 4.69) is 0 Å². The quantitative estimate of drug-likeness (QED) is 0.238. The van der Waals surface area contributed by atoms with Crippen LogP contribution in [0.15, 0.2) is 0 Å². The molecule has 0 aromatic rings. The van der Waals surface area contributed by atoms with Crippen LogP contribution in [0.4, 0.5) is 0 Å². The molecule has 0 bridgehead atoms. The Kier molecular flexibility index (Phi) is 845. The minimum atomic E-state index is -1.50. The number of hydrogen-bond donors (Lipinski definition) is 1. The van der Waals surface area contributed by atoms with Crippen molar-refractivity contribution in [3.05, 3.63) is 10.1 Å². The average Bonchev–Trinajstić information content (AvgIpc) is 0.811. The van der Waals surface area contributed by atoms with Crippen LogP contribution >= 0.6 is 0 Å². The Morgan fingerprint density at radius 2 is 1.00 bits per heavy atom. The molecule has 0 fully saturated rings. The zero-order valence-corrected chi connectivity index (χ0v) is 5.51. The van der Waals surface area contributed by atoms with Gasteiger partial charge in [-0.2, -0.15) is 0 Å². The first-order valence-corrected chi connectivity index (χ1v) is 0.565. The van der Waals surface area contributed by atoms with Gasteiger partial charge in [-0.3, -0.25) is 0 Å². The van der Waals surface area contributed by atoms with Crippen molar-refractivity contribution >= 4 is 0 Å². The average molecular weight is 212 g/mol. The minimum absolute atomic E-state index is 0. The van der Waals surface area contributed by atoms with Crippen LogP contribution in [0.1, 0.15) is 0 Å². The summed E-state index contributed by atoms with van der Waals surface area (Å²) in [6.07, 6.45) is 0. The summed E-state index contributed by atoms with van der Waals surface area (Å²) in [4.78, 5) is 8.36. The third-order valence-electron chi connectivity index (χ3n) is 0. The summed E-state index contributed by atoms with van der Waals surface area (Å²) < 4.78 is 0. The van der Waals surface area contributed by atoms with E-state index in [-0.39, 0.29) is 43.9 Å². The van der Waals surface area contributed by atoms with Gasteiger partial charge in [-0.25, -0.2) is 0 Å². The Hall–Kier alpha value is -0.506. The Morgan fingerprint density at radius 1 is 1.00 bits per heavy atom. The second-order valence-electron chi connectivity index (χ2n) is 0.238. The van der Waals surface area contributed by atoms with E-state index >= 15 is 0 Å². The van der Waals surface area contributed by atoms with Gasteiger partial charge in [0.25, 0.3) is 5.09 Å². The molecule has 0 radical (unpaired) electrons. The third kappa shape index (κ3) is 1230. The molecule has 10 heavy (non-hydrogen) atoms. The zero-order chi connectivity index (χ0) is 3.58. The summed E-state index contributed by atoms with van der Waals surface area (Å²) in [5.41, 5.74) is 0. The van der Waals surface area contributed by atoms with E-state index in [0.29, 0.717) is 0 Å². The van der Waals surface area contributed by atoms with Gasteiger partial charge in [0.2, 0.25) is 0 Å². The van der Waals surface area contributed by atoms with E-state index < -0.39 is 5.09 Å². The van der Waals surface area contributed by atoms with Crippen molar-refractivity contribution in [3.8, 4) is 0 Å². The van der Waals surface area contributed by atoms with Gasteiger partial charge in [0.05, 0.1) is 0 Å². The molecule has 0 aliphatic heterocycles. The molecule has 10 heteroatoms. The van der Waals surface area contributed by atoms with Crippen LogP contribution in [0.3, 0.4) is 0 Å². The van der Waals surface area contributed by atoms with Gasteiger partial charge >= 0.3 is 0 Å². The van der Waals surface area contributed by atoms with Crippen LogP contribution in [0.25, 0.3) is 0 Å². The summed E-state index contributed by atoms with van der Waals surface area (Å²) in [6.45, 7) is 0. The second kappa shape index (κ2) is 76.7. The SMILES string of the molecule is O.O.O.O.O.O=[N+]([O-])O.[Ni]. The Bertz CT molecular complexity index is 32.2. The molecule has 0 saturated heterocycles. The maximum absolute atomic E-state index is 8.36. The molecule has 0 heterocycles. The summed E-state index contributed by atoms with van der Waals surface area (Å²) in [6, 6.07) is 0. The normalized spacial score (nSPS) is 2.40. The Morgan fingerprint density at radius 3 is 1.00 bits per heavy atom. The van der Waals surface area contributed by atoms with Gasteiger partial charge in [-0.15, -0.1) is 10.1 Å². The smallest absolute Gasteiger partial charge is 0.291 e. The van der Waals surface area contributed by atoms with Crippen LogP contribution in [0, 0.1) is 10.1 Å². The van der Waals surface area contributed by atoms with Gasteiger partial charge in [-0.1, -0.05) is 0 Å². The topological polar surface area (TPSA) is 221 Å². The van der Waals surface area contributed by atoms with Crippen molar-refractivity contribution in [2.24, 2.45) is 0 Å². The first-order valence-electron chi connectivity index (χ1n) is 0.565. The maximum atomic E-state index is 8.36. The summed E-state index contributed by atoms with van der Waals surface area (Å²) in [5.74, 6) is 0. The molecule has 74 valence electrons. The van der Waals surface area contributed by atoms with E-state index in [0.717, 1.165) is 0 Å². The van der Waals surface area contributed by atoms with E-state index in [1.165, 1.54) is 0 Å². The van der Waals surface area contributed by atoms with E-state index in [1.807, 2.05) is 0 Å². The minimum Gasteiger partial charge on any atom is -0.412 e. The molecule has 0 spiro atoms.